The predicted octanol–water partition coefficient (Wildman–Crippen LogP) is 4.97. The van der Waals surface area contributed by atoms with E-state index in [0.717, 1.165) is 40.7 Å². The molecule has 3 amide bonds. The first-order chi connectivity index (χ1) is 23.3. The van der Waals surface area contributed by atoms with Crippen LogP contribution >= 0.6 is 0 Å². The fraction of sp³-hybridized carbons (Fsp3) is 0.472. The molecule has 4 bridgehead atoms. The van der Waals surface area contributed by atoms with E-state index in [1.165, 1.54) is 4.90 Å². The molecule has 11 nitrogen and oxygen atoms in total. The van der Waals surface area contributed by atoms with Crippen LogP contribution in [0.15, 0.2) is 53.7 Å². The van der Waals surface area contributed by atoms with Crippen LogP contribution in [-0.4, -0.2) is 82.9 Å². The number of hydrogen-bond acceptors (Lipinski definition) is 7. The number of halogens is 2. The average molecular weight is 679 g/mol. The Bertz CT molecular complexity index is 1720. The van der Waals surface area contributed by atoms with E-state index in [1.807, 2.05) is 48.5 Å². The molecule has 4 aliphatic rings. The highest BCUT2D eigenvalue weighted by atomic mass is 19.3. The van der Waals surface area contributed by atoms with E-state index in [2.05, 4.69) is 21.9 Å². The molecule has 49 heavy (non-hydrogen) atoms. The Morgan fingerprint density at radius 2 is 1.82 bits per heavy atom. The molecule has 1 saturated carbocycles. The molecule has 1 saturated heterocycles. The van der Waals surface area contributed by atoms with E-state index < -0.39 is 71.8 Å². The Hall–Kier alpha value is -4.81. The van der Waals surface area contributed by atoms with Crippen LogP contribution in [0.1, 0.15) is 69.6 Å². The molecule has 0 aromatic heterocycles. The van der Waals surface area contributed by atoms with Gasteiger partial charge in [-0.3, -0.25) is 9.59 Å². The first-order valence-electron chi connectivity index (χ1n) is 16.5. The van der Waals surface area contributed by atoms with Crippen LogP contribution in [-0.2, 0) is 24.0 Å². The first kappa shape index (κ1) is 34.1. The van der Waals surface area contributed by atoms with Gasteiger partial charge in [-0.2, -0.15) is 0 Å². The summed E-state index contributed by atoms with van der Waals surface area (Å²) in [6.07, 6.45) is 1.09. The van der Waals surface area contributed by atoms with E-state index in [9.17, 15) is 33.1 Å². The summed E-state index contributed by atoms with van der Waals surface area (Å²) in [5.41, 5.74) is 2.24. The maximum absolute atomic E-state index is 14.2. The maximum Gasteiger partial charge on any atom is 0.407 e. The standard InChI is InChI=1S/C36H40F2N4O7/c1-35(2,3)29-32(44)42-19-21(17-27(42)31(43)40-36(33(45)46)18-26(36)30(37)38)49-41-28-24-12-8-7-11-22(24)23-14-13-20(16-25(23)28)10-6-4-5-9-15-48-34(47)39-29/h6-8,10-14,16,21,26-27,29-30H,4-5,9,15,17-19H2,1-3H3,(H,39,47)(H,40,43)(H,45,46)/b10-6+,41-28+/t21-,26-,27-,29+,36+/m0/s1. The number of fused-ring (bicyclic) bond motifs is 6. The normalized spacial score (nSPS) is 28.7. The third kappa shape index (κ3) is 6.75. The van der Waals surface area contributed by atoms with Gasteiger partial charge >= 0.3 is 12.1 Å². The zero-order chi connectivity index (χ0) is 35.1. The number of hydrogen-bond donors (Lipinski definition) is 3. The van der Waals surface area contributed by atoms with Crippen LogP contribution in [0.25, 0.3) is 17.2 Å². The lowest BCUT2D eigenvalue weighted by molar-refractivity contribution is -0.147. The summed E-state index contributed by atoms with van der Waals surface area (Å²) in [5.74, 6) is -4.67. The minimum atomic E-state index is -2.96. The van der Waals surface area contributed by atoms with Gasteiger partial charge in [0.1, 0.15) is 29.4 Å². The van der Waals surface area contributed by atoms with E-state index in [0.29, 0.717) is 12.1 Å². The van der Waals surface area contributed by atoms with Gasteiger partial charge in [-0.15, -0.1) is 0 Å². The van der Waals surface area contributed by atoms with Crippen molar-refractivity contribution >= 4 is 35.7 Å². The number of benzene rings is 2. The number of ether oxygens (including phenoxy) is 1. The largest absolute Gasteiger partial charge is 0.479 e. The lowest BCUT2D eigenvalue weighted by Gasteiger charge is -2.35. The van der Waals surface area contributed by atoms with E-state index in [1.54, 1.807) is 20.8 Å². The van der Waals surface area contributed by atoms with Gasteiger partial charge in [0.05, 0.1) is 19.1 Å². The second-order valence-corrected chi connectivity index (χ2v) is 14.1. The van der Waals surface area contributed by atoms with Gasteiger partial charge < -0.3 is 30.2 Å². The number of cyclic esters (lactones) is 1. The van der Waals surface area contributed by atoms with Crippen molar-refractivity contribution in [3.05, 3.63) is 65.2 Å². The van der Waals surface area contributed by atoms with Crippen molar-refractivity contribution in [3.8, 4) is 11.1 Å². The van der Waals surface area contributed by atoms with E-state index in [-0.39, 0.29) is 19.6 Å². The molecule has 2 aliphatic carbocycles. The van der Waals surface area contributed by atoms with Gasteiger partial charge in [-0.25, -0.2) is 18.4 Å². The summed E-state index contributed by atoms with van der Waals surface area (Å²) < 4.78 is 32.5. The monoisotopic (exact) mass is 678 g/mol. The molecule has 2 heterocycles. The molecule has 2 fully saturated rings. The summed E-state index contributed by atoms with van der Waals surface area (Å²) >= 11 is 0. The molecule has 2 aliphatic heterocycles. The Morgan fingerprint density at radius 1 is 1.08 bits per heavy atom. The number of aliphatic carboxylic acids is 1. The topological polar surface area (TPSA) is 147 Å². The number of oxime groups is 1. The highest BCUT2D eigenvalue weighted by Crippen LogP contribution is 2.48. The van der Waals surface area contributed by atoms with Gasteiger partial charge in [-0.05, 0) is 53.9 Å². The number of alkyl halides is 2. The predicted molar refractivity (Wildman–Crippen MR) is 176 cm³/mol. The van der Waals surface area contributed by atoms with Crippen molar-refractivity contribution in [1.82, 2.24) is 15.5 Å². The number of nitrogens with one attached hydrogen (secondary N) is 2. The van der Waals surface area contributed by atoms with E-state index >= 15 is 0 Å². The third-order valence-electron chi connectivity index (χ3n) is 9.64. The summed E-state index contributed by atoms with van der Waals surface area (Å²) in [6, 6.07) is 11.4. The fourth-order valence-electron chi connectivity index (χ4n) is 6.82. The van der Waals surface area contributed by atoms with Crippen LogP contribution < -0.4 is 10.6 Å². The quantitative estimate of drug-likeness (QED) is 0.353. The second-order valence-electron chi connectivity index (χ2n) is 14.1. The lowest BCUT2D eigenvalue weighted by atomic mass is 9.85. The second kappa shape index (κ2) is 13.2. The zero-order valence-electron chi connectivity index (χ0n) is 27.6. The van der Waals surface area contributed by atoms with Crippen LogP contribution in [0.4, 0.5) is 13.6 Å². The highest BCUT2D eigenvalue weighted by molar-refractivity contribution is 6.24. The molecule has 0 unspecified atom stereocenters. The molecule has 13 heteroatoms. The van der Waals surface area contributed by atoms with Crippen molar-refractivity contribution < 1.29 is 42.6 Å². The minimum Gasteiger partial charge on any atom is -0.479 e. The van der Waals surface area contributed by atoms with Gasteiger partial charge in [-0.1, -0.05) is 74.5 Å². The smallest absolute Gasteiger partial charge is 0.407 e. The van der Waals surface area contributed by atoms with Crippen LogP contribution in [0, 0.1) is 11.3 Å². The number of amides is 3. The van der Waals surface area contributed by atoms with Crippen molar-refractivity contribution in [3.63, 3.8) is 0 Å². The number of allylic oxidation sites excluding steroid dienone is 1. The molecule has 0 spiro atoms. The number of alkyl carbamates (subject to hydrolysis) is 1. The Kier molecular flexibility index (Phi) is 9.21. The minimum absolute atomic E-state index is 0.0952. The van der Waals surface area contributed by atoms with Crippen LogP contribution in [0.5, 0.6) is 0 Å². The van der Waals surface area contributed by atoms with Gasteiger partial charge in [0.15, 0.2) is 0 Å². The van der Waals surface area contributed by atoms with Crippen LogP contribution in [0.2, 0.25) is 0 Å². The molecular weight excluding hydrogens is 638 g/mol. The highest BCUT2D eigenvalue weighted by Gasteiger charge is 2.66. The SMILES string of the molecule is CC(C)(C)[C@@H]1NC(=O)OCCCC/C=C/c2ccc3c(c2)/C(=N/O[C@H]2C[C@@H](C(=O)N[C@]4(C(=O)O)C[C@H]4C(F)F)N(C2)C1=O)c1ccccc1-3. The Labute approximate surface area is 282 Å². The van der Waals surface area contributed by atoms with Gasteiger partial charge in [0.25, 0.3) is 0 Å². The molecule has 5 atom stereocenters. The third-order valence-corrected chi connectivity index (χ3v) is 9.64. The first-order valence-corrected chi connectivity index (χ1v) is 16.5. The zero-order valence-corrected chi connectivity index (χ0v) is 27.6. The number of nitrogens with zero attached hydrogens (tertiary/aromatic N) is 2. The van der Waals surface area contributed by atoms with Crippen LogP contribution in [0.3, 0.4) is 0 Å². The number of carboxylic acids is 1. The number of carbonyl (C=O) groups is 4. The molecule has 6 rings (SSSR count). The number of carbonyl (C=O) groups excluding carboxylic acids is 3. The Balaban J connectivity index is 1.36. The number of rotatable bonds is 4. The van der Waals surface area contributed by atoms with Crippen molar-refractivity contribution in [2.75, 3.05) is 13.2 Å². The molecule has 2 aromatic carbocycles. The summed E-state index contributed by atoms with van der Waals surface area (Å²) in [6.45, 7) is 5.23. The number of carboxylic acid groups (broad SMARTS) is 1. The fourth-order valence-corrected chi connectivity index (χ4v) is 6.82. The lowest BCUT2D eigenvalue weighted by Crippen LogP contribution is -2.59. The summed E-state index contributed by atoms with van der Waals surface area (Å²) in [5, 5.41) is 19.3. The molecule has 3 N–H and O–H groups in total. The molecular formula is C36H40F2N4O7. The van der Waals surface area contributed by atoms with E-state index in [4.69, 9.17) is 9.57 Å². The van der Waals surface area contributed by atoms with Crippen molar-refractivity contribution in [1.29, 1.82) is 0 Å². The van der Waals surface area contributed by atoms with Gasteiger partial charge in [0.2, 0.25) is 18.2 Å². The molecule has 2 aromatic rings. The summed E-state index contributed by atoms with van der Waals surface area (Å²) in [7, 11) is 0. The average Bonchev–Trinajstić information content (AvgIpc) is 3.50. The molecule has 0 radical (unpaired) electrons. The molecule has 260 valence electrons. The van der Waals surface area contributed by atoms with Crippen molar-refractivity contribution in [2.45, 2.75) is 83.0 Å². The van der Waals surface area contributed by atoms with Crippen molar-refractivity contribution in [2.24, 2.45) is 16.5 Å². The Morgan fingerprint density at radius 3 is 2.51 bits per heavy atom. The maximum atomic E-state index is 14.2. The summed E-state index contributed by atoms with van der Waals surface area (Å²) in [4.78, 5) is 60.2. The van der Waals surface area contributed by atoms with Gasteiger partial charge in [0, 0.05) is 17.5 Å².